The second kappa shape index (κ2) is 8.84. The first-order chi connectivity index (χ1) is 18.1. The van der Waals surface area contributed by atoms with E-state index in [0.717, 1.165) is 0 Å². The van der Waals surface area contributed by atoms with E-state index in [4.69, 9.17) is 16.6 Å². The Kier molecular flexibility index (Phi) is 5.69. The minimum absolute atomic E-state index is 0.0256. The molecule has 0 unspecified atom stereocenters. The molecule has 1 aliphatic rings. The first-order valence-electron chi connectivity index (χ1n) is 12.0. The molecule has 0 aromatic carbocycles. The van der Waals surface area contributed by atoms with Gasteiger partial charge in [0, 0.05) is 35.8 Å². The van der Waals surface area contributed by atoms with Crippen LogP contribution in [0.4, 0.5) is 14.6 Å². The molecule has 6 rings (SSSR count). The lowest BCUT2D eigenvalue weighted by atomic mass is 10.0. The van der Waals surface area contributed by atoms with Gasteiger partial charge in [0.15, 0.2) is 5.82 Å². The maximum Gasteiger partial charge on any atom is 0.333 e. The first-order valence-corrected chi connectivity index (χ1v) is 12.4. The summed E-state index contributed by atoms with van der Waals surface area (Å²) in [4.78, 5) is 34.8. The van der Waals surface area contributed by atoms with E-state index in [-0.39, 0.29) is 28.3 Å². The molecule has 6 heterocycles. The quantitative estimate of drug-likeness (QED) is 0.289. The zero-order chi connectivity index (χ0) is 26.9. The molecule has 1 aliphatic heterocycles. The average molecular weight is 541 g/mol. The Labute approximate surface area is 219 Å². The Balaban J connectivity index is 1.54. The normalized spacial score (nSPS) is 17.9. The van der Waals surface area contributed by atoms with E-state index in [1.165, 1.54) is 6.20 Å². The number of fused-ring (bicyclic) bond motifs is 2. The molecule has 5 aromatic rings. The van der Waals surface area contributed by atoms with Gasteiger partial charge in [-0.3, -0.25) is 9.78 Å². The van der Waals surface area contributed by atoms with Gasteiger partial charge in [0.1, 0.15) is 16.5 Å². The van der Waals surface area contributed by atoms with Gasteiger partial charge in [-0.25, -0.2) is 14.6 Å². The van der Waals surface area contributed by atoms with E-state index in [1.54, 1.807) is 32.0 Å². The Morgan fingerprint density at radius 3 is 2.66 bits per heavy atom. The highest BCUT2D eigenvalue weighted by molar-refractivity contribution is 6.30. The molecule has 0 aliphatic carbocycles. The molecule has 3 N–H and O–H groups in total. The monoisotopic (exact) mass is 540 g/mol. The molecule has 5 aromatic heterocycles. The maximum absolute atomic E-state index is 13.5. The molecule has 0 amide bonds. The van der Waals surface area contributed by atoms with E-state index in [2.05, 4.69) is 25.0 Å². The average Bonchev–Trinajstić information content (AvgIpc) is 3.51. The molecule has 38 heavy (non-hydrogen) atoms. The lowest BCUT2D eigenvalue weighted by molar-refractivity contribution is 0.0542. The number of H-pyrrole nitrogens is 2. The summed E-state index contributed by atoms with van der Waals surface area (Å²) in [6.45, 7) is 2.78. The number of aromatic nitrogens is 7. The Morgan fingerprint density at radius 2 is 1.97 bits per heavy atom. The number of rotatable bonds is 4. The molecule has 10 nitrogen and oxygen atoms in total. The highest BCUT2D eigenvalue weighted by Crippen LogP contribution is 2.35. The van der Waals surface area contributed by atoms with Crippen LogP contribution in [-0.4, -0.2) is 58.5 Å². The highest BCUT2D eigenvalue weighted by atomic mass is 35.5. The summed E-state index contributed by atoms with van der Waals surface area (Å²) in [5, 5.41) is 14.9. The molecule has 0 bridgehead atoms. The van der Waals surface area contributed by atoms with Gasteiger partial charge < -0.3 is 20.0 Å². The highest BCUT2D eigenvalue weighted by Gasteiger charge is 2.31. The second-order valence-corrected chi connectivity index (χ2v) is 9.93. The second-order valence-electron chi connectivity index (χ2n) is 9.54. The van der Waals surface area contributed by atoms with Crippen molar-refractivity contribution in [2.24, 2.45) is 0 Å². The summed E-state index contributed by atoms with van der Waals surface area (Å²) in [6.07, 6.45) is 1.61. The number of hydrogen-bond acceptors (Lipinski definition) is 7. The van der Waals surface area contributed by atoms with Crippen LogP contribution in [0.25, 0.3) is 44.6 Å². The maximum atomic E-state index is 13.5. The Bertz CT molecular complexity index is 1780. The number of nitrogens with one attached hydrogen (secondary N) is 2. The number of anilines is 1. The van der Waals surface area contributed by atoms with E-state index in [1.807, 2.05) is 11.8 Å². The number of aryl methyl sites for hydroxylation is 1. The smallest absolute Gasteiger partial charge is 0.333 e. The van der Waals surface area contributed by atoms with Crippen molar-refractivity contribution in [3.8, 4) is 22.6 Å². The Morgan fingerprint density at radius 1 is 1.18 bits per heavy atom. The minimum Gasteiger partial charge on any atom is -0.391 e. The van der Waals surface area contributed by atoms with Gasteiger partial charge >= 0.3 is 6.55 Å². The van der Waals surface area contributed by atoms with Crippen LogP contribution in [0.15, 0.2) is 29.2 Å². The van der Waals surface area contributed by atoms with Gasteiger partial charge in [0.25, 0.3) is 5.56 Å². The summed E-state index contributed by atoms with van der Waals surface area (Å²) in [6, 6.07) is 4.94. The van der Waals surface area contributed by atoms with Gasteiger partial charge in [-0.05, 0) is 39.3 Å². The lowest BCUT2D eigenvalue weighted by Crippen LogP contribution is -2.28. The van der Waals surface area contributed by atoms with Crippen LogP contribution in [0.3, 0.4) is 0 Å². The number of halogens is 3. The van der Waals surface area contributed by atoms with Crippen molar-refractivity contribution < 1.29 is 13.9 Å². The van der Waals surface area contributed by atoms with Crippen LogP contribution < -0.4 is 10.5 Å². The summed E-state index contributed by atoms with van der Waals surface area (Å²) in [5.41, 5.74) is 2.98. The van der Waals surface area contributed by atoms with Crippen LogP contribution in [0.2, 0.25) is 5.15 Å². The van der Waals surface area contributed by atoms with Crippen LogP contribution in [0.1, 0.15) is 31.3 Å². The molecule has 0 spiro atoms. The van der Waals surface area contributed by atoms with Gasteiger partial charge in [-0.1, -0.05) is 11.6 Å². The minimum atomic E-state index is -2.79. The summed E-state index contributed by atoms with van der Waals surface area (Å²) in [5.74, 6) is 0.802. The van der Waals surface area contributed by atoms with Crippen LogP contribution in [0.5, 0.6) is 0 Å². The van der Waals surface area contributed by atoms with Crippen molar-refractivity contribution in [2.75, 3.05) is 11.4 Å². The molecule has 1 saturated heterocycles. The molecule has 0 radical (unpaired) electrons. The standard InChI is InChI=1S/C25H23ClF2N8O2/c1-10-6-13(37)9-35(10)23-21-17(8-18(26)32-23)30-22(33-21)15-7-14-16(31-24(15)38)4-5-29-20(14)19-11(2)34-36(12(19)3)25(27)28/h4-5,7-8,10,13,25,37H,6,9H2,1-3H3,(H,30,33)(H,31,38)/t10-,13+/m1/s1. The van der Waals surface area contributed by atoms with Crippen molar-refractivity contribution in [3.05, 3.63) is 51.3 Å². The zero-order valence-electron chi connectivity index (χ0n) is 20.6. The number of imidazole rings is 1. The fourth-order valence-corrected chi connectivity index (χ4v) is 5.48. The third kappa shape index (κ3) is 3.82. The summed E-state index contributed by atoms with van der Waals surface area (Å²) < 4.78 is 27.7. The van der Waals surface area contributed by atoms with Crippen LogP contribution in [-0.2, 0) is 0 Å². The van der Waals surface area contributed by atoms with Gasteiger partial charge in [-0.2, -0.15) is 13.9 Å². The van der Waals surface area contributed by atoms with E-state index in [9.17, 15) is 18.7 Å². The van der Waals surface area contributed by atoms with Crippen molar-refractivity contribution in [1.29, 1.82) is 0 Å². The number of nitrogens with zero attached hydrogens (tertiary/aromatic N) is 6. The number of aromatic amines is 2. The lowest BCUT2D eigenvalue weighted by Gasteiger charge is -2.22. The van der Waals surface area contributed by atoms with Crippen molar-refractivity contribution in [2.45, 2.75) is 45.9 Å². The molecule has 2 atom stereocenters. The number of aliphatic hydroxyl groups excluding tert-OH is 1. The SMILES string of the molecule is Cc1nn(C(F)F)c(C)c1-c1nccc2[nH]c(=O)c(-c3nc4c(N5C[C@@H](O)C[C@H]5C)nc(Cl)cc4[nH]3)cc12. The molecule has 1 fully saturated rings. The number of β-amino-alcohol motifs (C(OH)–C–C–N with tert-alkyl or cyclic N) is 1. The number of alkyl halides is 2. The van der Waals surface area contributed by atoms with Gasteiger partial charge in [0.2, 0.25) is 0 Å². The number of pyridine rings is 3. The zero-order valence-corrected chi connectivity index (χ0v) is 21.4. The predicted octanol–water partition coefficient (Wildman–Crippen LogP) is 4.35. The molecular weight excluding hydrogens is 518 g/mol. The van der Waals surface area contributed by atoms with Gasteiger partial charge in [0.05, 0.1) is 39.8 Å². The largest absolute Gasteiger partial charge is 0.391 e. The van der Waals surface area contributed by atoms with Crippen LogP contribution >= 0.6 is 11.6 Å². The van der Waals surface area contributed by atoms with E-state index >= 15 is 0 Å². The summed E-state index contributed by atoms with van der Waals surface area (Å²) in [7, 11) is 0. The Hall–Kier alpha value is -3.90. The van der Waals surface area contributed by atoms with Crippen molar-refractivity contribution in [1.82, 2.24) is 34.7 Å². The van der Waals surface area contributed by atoms with Crippen LogP contribution in [0, 0.1) is 13.8 Å². The molecule has 13 heteroatoms. The van der Waals surface area contributed by atoms with E-state index < -0.39 is 18.2 Å². The van der Waals surface area contributed by atoms with Gasteiger partial charge in [-0.15, -0.1) is 0 Å². The molecule has 0 saturated carbocycles. The number of hydrogen-bond donors (Lipinski definition) is 3. The first kappa shape index (κ1) is 24.4. The fourth-order valence-electron chi connectivity index (χ4n) is 5.29. The van der Waals surface area contributed by atoms with Crippen molar-refractivity contribution in [3.63, 3.8) is 0 Å². The van der Waals surface area contributed by atoms with Crippen molar-refractivity contribution >= 4 is 39.4 Å². The third-order valence-electron chi connectivity index (χ3n) is 7.02. The molecular formula is C25H23ClF2N8O2. The number of aliphatic hydroxyl groups is 1. The topological polar surface area (TPSA) is 129 Å². The van der Waals surface area contributed by atoms with E-state index in [0.29, 0.717) is 62.4 Å². The predicted molar refractivity (Wildman–Crippen MR) is 140 cm³/mol. The third-order valence-corrected chi connectivity index (χ3v) is 7.21. The molecule has 196 valence electrons. The summed E-state index contributed by atoms with van der Waals surface area (Å²) >= 11 is 6.31. The fraction of sp³-hybridized carbons (Fsp3) is 0.320.